The van der Waals surface area contributed by atoms with Gasteiger partial charge in [0.25, 0.3) is 0 Å². The van der Waals surface area contributed by atoms with E-state index < -0.39 is 5.97 Å². The lowest BCUT2D eigenvalue weighted by molar-refractivity contribution is 0.0697. The fourth-order valence-corrected chi connectivity index (χ4v) is 5.03. The molecule has 0 unspecified atom stereocenters. The number of para-hydroxylation sites is 2. The first-order chi connectivity index (χ1) is 18.5. The number of carbonyl (C=O) groups is 1. The molecule has 2 heterocycles. The van der Waals surface area contributed by atoms with Gasteiger partial charge in [0.15, 0.2) is 0 Å². The predicted octanol–water partition coefficient (Wildman–Crippen LogP) is 6.35. The molecule has 2 N–H and O–H groups in total. The van der Waals surface area contributed by atoms with Gasteiger partial charge in [-0.2, -0.15) is 0 Å². The quantitative estimate of drug-likeness (QED) is 0.200. The maximum Gasteiger partial charge on any atom is 0.335 e. The van der Waals surface area contributed by atoms with Crippen molar-refractivity contribution in [3.63, 3.8) is 0 Å². The maximum absolute atomic E-state index is 11.6. The zero-order valence-electron chi connectivity index (χ0n) is 21.7. The van der Waals surface area contributed by atoms with Gasteiger partial charge in [0.1, 0.15) is 17.4 Å². The van der Waals surface area contributed by atoms with Gasteiger partial charge < -0.3 is 24.1 Å². The highest BCUT2D eigenvalue weighted by atomic mass is 16.5. The van der Waals surface area contributed by atoms with Crippen molar-refractivity contribution in [3.8, 4) is 28.5 Å². The number of ether oxygens (including phenoxy) is 1. The standard InChI is InChI=1S/C30H32N4O4/c1-3-4-7-16-34-27-22(11-8-12-23(27)31-28(34)21-10-5-6-13-26(21)35)29-32-24-19-20(30(36)37)14-15-25(24)33(29)17-9-18-38-2/h5-6,8,10-15,19,35H,3-4,7,9,16-18H2,1-2H3,(H,36,37). The lowest BCUT2D eigenvalue weighted by atomic mass is 10.1. The van der Waals surface area contributed by atoms with E-state index in [-0.39, 0.29) is 11.3 Å². The van der Waals surface area contributed by atoms with Crippen LogP contribution in [0.2, 0.25) is 0 Å². The number of aromatic carboxylic acids is 1. The maximum atomic E-state index is 11.6. The van der Waals surface area contributed by atoms with Crippen molar-refractivity contribution >= 4 is 28.0 Å². The zero-order chi connectivity index (χ0) is 26.6. The van der Waals surface area contributed by atoms with E-state index in [2.05, 4.69) is 16.1 Å². The van der Waals surface area contributed by atoms with E-state index in [4.69, 9.17) is 14.7 Å². The van der Waals surface area contributed by atoms with Crippen molar-refractivity contribution in [2.75, 3.05) is 13.7 Å². The molecule has 0 aliphatic carbocycles. The number of unbranched alkanes of at least 4 members (excludes halogenated alkanes) is 2. The van der Waals surface area contributed by atoms with Crippen molar-refractivity contribution < 1.29 is 19.7 Å². The van der Waals surface area contributed by atoms with Gasteiger partial charge in [-0.1, -0.05) is 38.0 Å². The minimum Gasteiger partial charge on any atom is -0.507 e. The second kappa shape index (κ2) is 11.1. The smallest absolute Gasteiger partial charge is 0.335 e. The third kappa shape index (κ3) is 4.75. The summed E-state index contributed by atoms with van der Waals surface area (Å²) in [6, 6.07) is 18.4. The van der Waals surface area contributed by atoms with E-state index in [1.165, 1.54) is 0 Å². The number of aryl methyl sites for hydroxylation is 2. The Morgan fingerprint density at radius 2 is 1.61 bits per heavy atom. The number of carboxylic acid groups (broad SMARTS) is 1. The summed E-state index contributed by atoms with van der Waals surface area (Å²) < 4.78 is 9.63. The number of benzene rings is 3. The molecule has 2 aromatic heterocycles. The van der Waals surface area contributed by atoms with Gasteiger partial charge in [-0.15, -0.1) is 0 Å². The van der Waals surface area contributed by atoms with E-state index in [1.807, 2.05) is 42.5 Å². The Morgan fingerprint density at radius 1 is 0.868 bits per heavy atom. The molecular formula is C30H32N4O4. The molecule has 0 aliphatic heterocycles. The van der Waals surface area contributed by atoms with Gasteiger partial charge in [0.05, 0.1) is 33.2 Å². The molecule has 38 heavy (non-hydrogen) atoms. The number of fused-ring (bicyclic) bond motifs is 2. The first-order valence-electron chi connectivity index (χ1n) is 13.0. The van der Waals surface area contributed by atoms with Crippen molar-refractivity contribution in [1.82, 2.24) is 19.1 Å². The molecule has 0 atom stereocenters. The van der Waals surface area contributed by atoms with E-state index in [9.17, 15) is 15.0 Å². The molecule has 8 nitrogen and oxygen atoms in total. The summed E-state index contributed by atoms with van der Waals surface area (Å²) in [7, 11) is 1.68. The van der Waals surface area contributed by atoms with Crippen molar-refractivity contribution in [2.24, 2.45) is 0 Å². The molecular weight excluding hydrogens is 480 g/mol. The Kier molecular flexibility index (Phi) is 7.42. The number of rotatable bonds is 11. The monoisotopic (exact) mass is 512 g/mol. The Morgan fingerprint density at radius 3 is 2.37 bits per heavy atom. The molecule has 8 heteroatoms. The Balaban J connectivity index is 1.76. The predicted molar refractivity (Wildman–Crippen MR) is 149 cm³/mol. The molecule has 0 aliphatic rings. The number of hydrogen-bond donors (Lipinski definition) is 2. The minimum atomic E-state index is -0.981. The van der Waals surface area contributed by atoms with Crippen LogP contribution in [0, 0.1) is 0 Å². The van der Waals surface area contributed by atoms with Crippen LogP contribution >= 0.6 is 0 Å². The average molecular weight is 513 g/mol. The Labute approximate surface area is 221 Å². The van der Waals surface area contributed by atoms with E-state index in [0.717, 1.165) is 66.0 Å². The third-order valence-electron chi connectivity index (χ3n) is 6.86. The molecule has 5 rings (SSSR count). The van der Waals surface area contributed by atoms with E-state index in [0.29, 0.717) is 24.2 Å². The zero-order valence-corrected chi connectivity index (χ0v) is 21.7. The van der Waals surface area contributed by atoms with Crippen LogP contribution in [0.3, 0.4) is 0 Å². The summed E-state index contributed by atoms with van der Waals surface area (Å²) in [4.78, 5) is 21.6. The largest absolute Gasteiger partial charge is 0.507 e. The Bertz CT molecular complexity index is 1600. The highest BCUT2D eigenvalue weighted by molar-refractivity contribution is 5.97. The number of aromatic hydroxyl groups is 1. The summed E-state index contributed by atoms with van der Waals surface area (Å²) in [5.74, 6) is 0.682. The van der Waals surface area contributed by atoms with Crippen LogP contribution < -0.4 is 0 Å². The van der Waals surface area contributed by atoms with Crippen LogP contribution in [0.5, 0.6) is 5.75 Å². The van der Waals surface area contributed by atoms with Gasteiger partial charge in [0.2, 0.25) is 0 Å². The molecule has 0 radical (unpaired) electrons. The minimum absolute atomic E-state index is 0.189. The first kappa shape index (κ1) is 25.5. The normalized spacial score (nSPS) is 11.5. The van der Waals surface area contributed by atoms with Crippen LogP contribution in [0.4, 0.5) is 0 Å². The molecule has 3 aromatic carbocycles. The highest BCUT2D eigenvalue weighted by Gasteiger charge is 2.22. The number of imidazole rings is 2. The summed E-state index contributed by atoms with van der Waals surface area (Å²) in [6.45, 7) is 4.19. The number of carboxylic acids is 1. The molecule has 0 amide bonds. The molecule has 0 fully saturated rings. The van der Waals surface area contributed by atoms with Gasteiger partial charge >= 0.3 is 5.97 Å². The number of methoxy groups -OCH3 is 1. The topological polar surface area (TPSA) is 102 Å². The third-order valence-corrected chi connectivity index (χ3v) is 6.86. The van der Waals surface area contributed by atoms with Gasteiger partial charge in [-0.3, -0.25) is 0 Å². The Hall–Kier alpha value is -4.17. The molecule has 0 saturated heterocycles. The summed E-state index contributed by atoms with van der Waals surface area (Å²) in [5, 5.41) is 20.2. The van der Waals surface area contributed by atoms with Crippen LogP contribution in [-0.2, 0) is 17.8 Å². The number of aromatic nitrogens is 4. The fourth-order valence-electron chi connectivity index (χ4n) is 5.03. The SMILES string of the molecule is CCCCCn1c(-c2ccccc2O)nc2cccc(-c3nc4cc(C(=O)O)ccc4n3CCCOC)c21. The van der Waals surface area contributed by atoms with Gasteiger partial charge in [-0.25, -0.2) is 14.8 Å². The lowest BCUT2D eigenvalue weighted by Gasteiger charge is -2.14. The molecule has 5 aromatic rings. The number of phenolic OH excluding ortho intramolecular Hbond substituents is 1. The van der Waals surface area contributed by atoms with Gasteiger partial charge in [-0.05, 0) is 55.3 Å². The van der Waals surface area contributed by atoms with Crippen molar-refractivity contribution in [1.29, 1.82) is 0 Å². The summed E-state index contributed by atoms with van der Waals surface area (Å²) >= 11 is 0. The first-order valence-corrected chi connectivity index (χ1v) is 13.0. The lowest BCUT2D eigenvalue weighted by Crippen LogP contribution is -2.06. The van der Waals surface area contributed by atoms with E-state index >= 15 is 0 Å². The fraction of sp³-hybridized carbons (Fsp3) is 0.300. The summed E-state index contributed by atoms with van der Waals surface area (Å²) in [6.07, 6.45) is 3.93. The number of nitrogens with zero attached hydrogens (tertiary/aromatic N) is 4. The van der Waals surface area contributed by atoms with E-state index in [1.54, 1.807) is 25.3 Å². The molecule has 0 spiro atoms. The number of phenols is 1. The van der Waals surface area contributed by atoms with Crippen LogP contribution in [0.25, 0.3) is 44.8 Å². The summed E-state index contributed by atoms with van der Waals surface area (Å²) in [5.41, 5.74) is 5.07. The van der Waals surface area contributed by atoms with Crippen LogP contribution in [0.15, 0.2) is 60.7 Å². The molecule has 0 bridgehead atoms. The molecule has 196 valence electrons. The van der Waals surface area contributed by atoms with Crippen LogP contribution in [-0.4, -0.2) is 49.0 Å². The van der Waals surface area contributed by atoms with Crippen molar-refractivity contribution in [3.05, 3.63) is 66.2 Å². The van der Waals surface area contributed by atoms with Crippen LogP contribution in [0.1, 0.15) is 43.0 Å². The second-order valence-electron chi connectivity index (χ2n) is 9.43. The van der Waals surface area contributed by atoms with Gasteiger partial charge in [0, 0.05) is 32.4 Å². The van der Waals surface area contributed by atoms with Crippen molar-refractivity contribution in [2.45, 2.75) is 45.7 Å². The average Bonchev–Trinajstić information content (AvgIpc) is 3.47. The second-order valence-corrected chi connectivity index (χ2v) is 9.43. The molecule has 0 saturated carbocycles. The number of hydrogen-bond acceptors (Lipinski definition) is 5. The highest BCUT2D eigenvalue weighted by Crippen LogP contribution is 2.37.